The van der Waals surface area contributed by atoms with Gasteiger partial charge < -0.3 is 10.0 Å². The van der Waals surface area contributed by atoms with Gasteiger partial charge in [0.1, 0.15) is 5.78 Å². The summed E-state index contributed by atoms with van der Waals surface area (Å²) >= 11 is 0. The maximum atomic E-state index is 11.5. The van der Waals surface area contributed by atoms with Crippen molar-refractivity contribution in [3.63, 3.8) is 0 Å². The van der Waals surface area contributed by atoms with Gasteiger partial charge in [0, 0.05) is 32.0 Å². The fourth-order valence-electron chi connectivity index (χ4n) is 2.89. The van der Waals surface area contributed by atoms with Gasteiger partial charge in [0.25, 0.3) is 0 Å². The lowest BCUT2D eigenvalue weighted by Crippen LogP contribution is -2.29. The van der Waals surface area contributed by atoms with E-state index in [0.29, 0.717) is 24.2 Å². The zero-order chi connectivity index (χ0) is 10.7. The molecule has 15 heavy (non-hydrogen) atoms. The second-order valence-corrected chi connectivity index (χ2v) is 4.98. The van der Waals surface area contributed by atoms with Crippen molar-refractivity contribution in [2.75, 3.05) is 26.2 Å². The van der Waals surface area contributed by atoms with Gasteiger partial charge in [0.15, 0.2) is 0 Å². The molecule has 0 spiro atoms. The van der Waals surface area contributed by atoms with Crippen LogP contribution in [-0.2, 0) is 4.79 Å². The summed E-state index contributed by atoms with van der Waals surface area (Å²) in [4.78, 5) is 13.9. The number of aliphatic hydroxyl groups is 1. The molecule has 1 N–H and O–H groups in total. The molecule has 0 aromatic rings. The van der Waals surface area contributed by atoms with Crippen LogP contribution in [0, 0.1) is 11.8 Å². The Labute approximate surface area is 91.5 Å². The average molecular weight is 211 g/mol. The summed E-state index contributed by atoms with van der Waals surface area (Å²) in [7, 11) is 0. The molecule has 2 fully saturated rings. The maximum Gasteiger partial charge on any atom is 0.137 e. The highest BCUT2D eigenvalue weighted by molar-refractivity contribution is 5.83. The van der Waals surface area contributed by atoms with Gasteiger partial charge >= 0.3 is 0 Å². The molecule has 1 saturated carbocycles. The van der Waals surface area contributed by atoms with Gasteiger partial charge in [-0.15, -0.1) is 0 Å². The molecule has 0 aromatic carbocycles. The van der Waals surface area contributed by atoms with Crippen molar-refractivity contribution < 1.29 is 9.90 Å². The molecule has 0 bridgehead atoms. The Bertz CT molecular complexity index is 230. The highest BCUT2D eigenvalue weighted by atomic mass is 16.3. The number of Topliss-reactive ketones (excluding diaryl/α,β-unsaturated/α-hetero) is 1. The van der Waals surface area contributed by atoms with E-state index < -0.39 is 0 Å². The minimum atomic E-state index is 0.306. The Morgan fingerprint density at radius 1 is 1.40 bits per heavy atom. The monoisotopic (exact) mass is 211 g/mol. The van der Waals surface area contributed by atoms with Crippen LogP contribution in [0.4, 0.5) is 0 Å². The first-order valence-electron chi connectivity index (χ1n) is 6.15. The number of likely N-dealkylation sites (tertiary alicyclic amines) is 1. The third-order valence-corrected chi connectivity index (χ3v) is 3.82. The molecule has 0 radical (unpaired) electrons. The van der Waals surface area contributed by atoms with Gasteiger partial charge in [-0.25, -0.2) is 0 Å². The molecule has 2 rings (SSSR count). The quantitative estimate of drug-likeness (QED) is 0.756. The fourth-order valence-corrected chi connectivity index (χ4v) is 2.89. The normalized spacial score (nSPS) is 32.7. The molecule has 86 valence electrons. The Kier molecular flexibility index (Phi) is 3.76. The van der Waals surface area contributed by atoms with Crippen molar-refractivity contribution in [3.05, 3.63) is 0 Å². The standard InChI is InChI=1S/C12H21NO2/c14-7-5-10-4-6-13(8-10)9-11-2-1-3-12(11)15/h10-11,14H,1-9H2. The van der Waals surface area contributed by atoms with Crippen molar-refractivity contribution in [1.82, 2.24) is 4.90 Å². The Hall–Kier alpha value is -0.410. The Morgan fingerprint density at radius 2 is 2.27 bits per heavy atom. The van der Waals surface area contributed by atoms with Gasteiger partial charge in [0.2, 0.25) is 0 Å². The van der Waals surface area contributed by atoms with Crippen LogP contribution in [0.3, 0.4) is 0 Å². The summed E-state index contributed by atoms with van der Waals surface area (Å²) in [6, 6.07) is 0. The number of carbonyl (C=O) groups is 1. The van der Waals surface area contributed by atoms with E-state index in [2.05, 4.69) is 4.90 Å². The van der Waals surface area contributed by atoms with Crippen LogP contribution in [0.2, 0.25) is 0 Å². The molecule has 0 amide bonds. The largest absolute Gasteiger partial charge is 0.396 e. The number of carbonyl (C=O) groups excluding carboxylic acids is 1. The first-order chi connectivity index (χ1) is 7.29. The van der Waals surface area contributed by atoms with Gasteiger partial charge in [-0.2, -0.15) is 0 Å². The summed E-state index contributed by atoms with van der Waals surface area (Å²) in [6.45, 7) is 3.49. The number of aliphatic hydroxyl groups excluding tert-OH is 1. The van der Waals surface area contributed by atoms with Gasteiger partial charge in [-0.3, -0.25) is 4.79 Å². The topological polar surface area (TPSA) is 40.5 Å². The molecule has 2 aliphatic rings. The average Bonchev–Trinajstić information content (AvgIpc) is 2.79. The van der Waals surface area contributed by atoms with Crippen LogP contribution in [0.15, 0.2) is 0 Å². The first kappa shape index (κ1) is 11.1. The Morgan fingerprint density at radius 3 is 2.93 bits per heavy atom. The van der Waals surface area contributed by atoms with E-state index in [-0.39, 0.29) is 0 Å². The summed E-state index contributed by atoms with van der Waals surface area (Å²) in [5, 5.41) is 8.87. The highest BCUT2D eigenvalue weighted by Crippen LogP contribution is 2.26. The van der Waals surface area contributed by atoms with Gasteiger partial charge in [0.05, 0.1) is 0 Å². The van der Waals surface area contributed by atoms with Crippen molar-refractivity contribution in [3.8, 4) is 0 Å². The predicted octanol–water partition coefficient (Wildman–Crippen LogP) is 1.06. The zero-order valence-electron chi connectivity index (χ0n) is 9.32. The molecule has 1 aliphatic heterocycles. The molecule has 3 nitrogen and oxygen atoms in total. The fraction of sp³-hybridized carbons (Fsp3) is 0.917. The van der Waals surface area contributed by atoms with Gasteiger partial charge in [-0.1, -0.05) is 0 Å². The van der Waals surface area contributed by atoms with Crippen LogP contribution in [0.1, 0.15) is 32.1 Å². The first-order valence-corrected chi connectivity index (χ1v) is 6.15. The number of hydrogen-bond acceptors (Lipinski definition) is 3. The third kappa shape index (κ3) is 2.79. The molecule has 2 unspecified atom stereocenters. The summed E-state index contributed by atoms with van der Waals surface area (Å²) < 4.78 is 0. The van der Waals surface area contributed by atoms with E-state index in [1.54, 1.807) is 0 Å². The summed E-state index contributed by atoms with van der Waals surface area (Å²) in [5.41, 5.74) is 0. The Balaban J connectivity index is 1.74. The van der Waals surface area contributed by atoms with Crippen molar-refractivity contribution in [2.24, 2.45) is 11.8 Å². The highest BCUT2D eigenvalue weighted by Gasteiger charge is 2.29. The van der Waals surface area contributed by atoms with Crippen molar-refractivity contribution in [2.45, 2.75) is 32.1 Å². The molecular formula is C12H21NO2. The number of rotatable bonds is 4. The minimum Gasteiger partial charge on any atom is -0.396 e. The minimum absolute atomic E-state index is 0.306. The molecule has 1 heterocycles. The summed E-state index contributed by atoms with van der Waals surface area (Å²) in [5.74, 6) is 1.45. The van der Waals surface area contributed by atoms with E-state index in [1.807, 2.05) is 0 Å². The third-order valence-electron chi connectivity index (χ3n) is 3.82. The van der Waals surface area contributed by atoms with Crippen LogP contribution < -0.4 is 0 Å². The molecule has 1 aliphatic carbocycles. The lowest BCUT2D eigenvalue weighted by atomic mass is 10.1. The second-order valence-electron chi connectivity index (χ2n) is 4.98. The van der Waals surface area contributed by atoms with E-state index in [9.17, 15) is 4.79 Å². The number of hydrogen-bond donors (Lipinski definition) is 1. The summed E-state index contributed by atoms with van der Waals surface area (Å²) in [6.07, 6.45) is 5.12. The van der Waals surface area contributed by atoms with E-state index in [4.69, 9.17) is 5.11 Å². The lowest BCUT2D eigenvalue weighted by Gasteiger charge is -2.19. The maximum absolute atomic E-state index is 11.5. The zero-order valence-corrected chi connectivity index (χ0v) is 9.32. The molecule has 2 atom stereocenters. The van der Waals surface area contributed by atoms with E-state index >= 15 is 0 Å². The van der Waals surface area contributed by atoms with Crippen molar-refractivity contribution >= 4 is 5.78 Å². The second kappa shape index (κ2) is 5.08. The van der Waals surface area contributed by atoms with Gasteiger partial charge in [-0.05, 0) is 38.1 Å². The molecule has 1 saturated heterocycles. The molecular weight excluding hydrogens is 190 g/mol. The van der Waals surface area contributed by atoms with Crippen LogP contribution >= 0.6 is 0 Å². The lowest BCUT2D eigenvalue weighted by molar-refractivity contribution is -0.121. The van der Waals surface area contributed by atoms with Crippen molar-refractivity contribution in [1.29, 1.82) is 0 Å². The molecule has 0 aromatic heterocycles. The predicted molar refractivity (Wildman–Crippen MR) is 58.6 cm³/mol. The number of nitrogens with zero attached hydrogens (tertiary/aromatic N) is 1. The smallest absolute Gasteiger partial charge is 0.137 e. The van der Waals surface area contributed by atoms with Crippen LogP contribution in [-0.4, -0.2) is 42.0 Å². The van der Waals surface area contributed by atoms with Crippen LogP contribution in [0.5, 0.6) is 0 Å². The number of ketones is 1. The van der Waals surface area contributed by atoms with E-state index in [0.717, 1.165) is 45.3 Å². The van der Waals surface area contributed by atoms with Crippen LogP contribution in [0.25, 0.3) is 0 Å². The molecule has 3 heteroatoms. The SMILES string of the molecule is O=C1CCCC1CN1CCC(CCO)C1. The van der Waals surface area contributed by atoms with E-state index in [1.165, 1.54) is 6.42 Å².